The zero-order valence-corrected chi connectivity index (χ0v) is 16.8. The molecule has 4 aromatic rings. The van der Waals surface area contributed by atoms with Crippen molar-refractivity contribution in [2.24, 2.45) is 0 Å². The first-order valence-electron chi connectivity index (χ1n) is 9.58. The van der Waals surface area contributed by atoms with E-state index in [1.807, 2.05) is 74.5 Å². The van der Waals surface area contributed by atoms with E-state index in [0.29, 0.717) is 17.5 Å². The summed E-state index contributed by atoms with van der Waals surface area (Å²) in [7, 11) is 0. The molecule has 0 aliphatic rings. The highest BCUT2D eigenvalue weighted by molar-refractivity contribution is 5.91. The Hall–Kier alpha value is -3.93. The molecule has 1 aromatic heterocycles. The maximum Gasteiger partial charge on any atom is 0.262 e. The van der Waals surface area contributed by atoms with Crippen LogP contribution in [0.4, 0.5) is 5.69 Å². The predicted octanol–water partition coefficient (Wildman–Crippen LogP) is 5.04. The Balaban J connectivity index is 1.42. The molecule has 0 bridgehead atoms. The second-order valence-electron chi connectivity index (χ2n) is 6.97. The van der Waals surface area contributed by atoms with E-state index in [9.17, 15) is 4.79 Å². The fourth-order valence-electron chi connectivity index (χ4n) is 2.97. The number of hydrogen-bond donors (Lipinski definition) is 1. The van der Waals surface area contributed by atoms with E-state index >= 15 is 0 Å². The Kier molecular flexibility index (Phi) is 5.57. The second kappa shape index (κ2) is 8.61. The van der Waals surface area contributed by atoms with Crippen LogP contribution >= 0.6 is 0 Å². The Morgan fingerprint density at radius 1 is 1.00 bits per heavy atom. The molecule has 30 heavy (non-hydrogen) atoms. The molecule has 0 aliphatic carbocycles. The van der Waals surface area contributed by atoms with Crippen LogP contribution in [0.5, 0.6) is 5.75 Å². The van der Waals surface area contributed by atoms with E-state index in [1.165, 1.54) is 0 Å². The Morgan fingerprint density at radius 2 is 1.80 bits per heavy atom. The first-order valence-corrected chi connectivity index (χ1v) is 9.58. The molecule has 0 fully saturated rings. The summed E-state index contributed by atoms with van der Waals surface area (Å²) in [6, 6.07) is 22.7. The van der Waals surface area contributed by atoms with Crippen molar-refractivity contribution in [1.29, 1.82) is 0 Å². The molecule has 0 radical (unpaired) electrons. The van der Waals surface area contributed by atoms with Gasteiger partial charge in [-0.2, -0.15) is 4.98 Å². The van der Waals surface area contributed by atoms with Crippen LogP contribution in [0, 0.1) is 13.8 Å². The van der Waals surface area contributed by atoms with Gasteiger partial charge in [-0.3, -0.25) is 4.79 Å². The van der Waals surface area contributed by atoms with Crippen molar-refractivity contribution in [2.75, 3.05) is 11.9 Å². The van der Waals surface area contributed by atoms with E-state index in [2.05, 4.69) is 15.5 Å². The van der Waals surface area contributed by atoms with Gasteiger partial charge in [-0.1, -0.05) is 53.2 Å². The molecule has 3 aromatic carbocycles. The molecule has 0 saturated carbocycles. The van der Waals surface area contributed by atoms with Crippen LogP contribution in [0.1, 0.15) is 11.1 Å². The number of aromatic nitrogens is 2. The van der Waals surface area contributed by atoms with Gasteiger partial charge in [-0.25, -0.2) is 0 Å². The molecule has 6 heteroatoms. The van der Waals surface area contributed by atoms with E-state index in [4.69, 9.17) is 9.26 Å². The number of ether oxygens (including phenoxy) is 1. The molecule has 150 valence electrons. The Bertz CT molecular complexity index is 1170. The summed E-state index contributed by atoms with van der Waals surface area (Å²) in [5, 5.41) is 6.89. The van der Waals surface area contributed by atoms with E-state index in [1.54, 1.807) is 12.1 Å². The van der Waals surface area contributed by atoms with Crippen LogP contribution in [0.3, 0.4) is 0 Å². The van der Waals surface area contributed by atoms with Crippen LogP contribution < -0.4 is 10.1 Å². The number of carbonyl (C=O) groups excluding carboxylic acids is 1. The van der Waals surface area contributed by atoms with E-state index < -0.39 is 0 Å². The minimum absolute atomic E-state index is 0.0992. The van der Waals surface area contributed by atoms with E-state index in [0.717, 1.165) is 27.9 Å². The van der Waals surface area contributed by atoms with Gasteiger partial charge in [0.05, 0.1) is 0 Å². The fraction of sp³-hybridized carbons (Fsp3) is 0.125. The van der Waals surface area contributed by atoms with Crippen LogP contribution in [-0.4, -0.2) is 22.7 Å². The SMILES string of the molecule is Cc1ccc(NC(=O)COc2cccc(-c3noc(-c4ccccc4C)n3)c2)cc1. The third-order valence-corrected chi connectivity index (χ3v) is 4.60. The van der Waals surface area contributed by atoms with Gasteiger partial charge < -0.3 is 14.6 Å². The first kappa shape index (κ1) is 19.4. The molecule has 1 N–H and O–H groups in total. The standard InChI is InChI=1S/C24H21N3O3/c1-16-10-12-19(13-11-16)25-22(28)15-29-20-8-5-7-18(14-20)23-26-24(30-27-23)21-9-4-3-6-17(21)2/h3-14H,15H2,1-2H3,(H,25,28). The van der Waals surface area contributed by atoms with Gasteiger partial charge in [0.25, 0.3) is 11.8 Å². The van der Waals surface area contributed by atoms with Crippen LogP contribution in [-0.2, 0) is 4.79 Å². The lowest BCUT2D eigenvalue weighted by molar-refractivity contribution is -0.118. The maximum atomic E-state index is 12.1. The molecule has 0 saturated heterocycles. The van der Waals surface area contributed by atoms with Crippen molar-refractivity contribution in [3.05, 3.63) is 83.9 Å². The van der Waals surface area contributed by atoms with Gasteiger partial charge in [0.15, 0.2) is 6.61 Å². The van der Waals surface area contributed by atoms with Crippen molar-refractivity contribution < 1.29 is 14.1 Å². The van der Waals surface area contributed by atoms with E-state index in [-0.39, 0.29) is 12.5 Å². The molecule has 0 unspecified atom stereocenters. The molecule has 0 spiro atoms. The molecule has 1 amide bonds. The largest absolute Gasteiger partial charge is 0.484 e. The third-order valence-electron chi connectivity index (χ3n) is 4.60. The summed E-state index contributed by atoms with van der Waals surface area (Å²) in [5.74, 6) is 1.24. The van der Waals surface area contributed by atoms with Crippen LogP contribution in [0.15, 0.2) is 77.3 Å². The zero-order chi connectivity index (χ0) is 20.9. The number of carbonyl (C=O) groups is 1. The van der Waals surface area contributed by atoms with Crippen LogP contribution in [0.2, 0.25) is 0 Å². The van der Waals surface area contributed by atoms with Crippen molar-refractivity contribution in [3.8, 4) is 28.6 Å². The van der Waals surface area contributed by atoms with Gasteiger partial charge in [-0.05, 0) is 49.7 Å². The number of nitrogens with one attached hydrogen (secondary N) is 1. The van der Waals surface area contributed by atoms with Crippen molar-refractivity contribution >= 4 is 11.6 Å². The summed E-state index contributed by atoms with van der Waals surface area (Å²) in [6.07, 6.45) is 0. The summed E-state index contributed by atoms with van der Waals surface area (Å²) < 4.78 is 11.1. The second-order valence-corrected chi connectivity index (χ2v) is 6.97. The highest BCUT2D eigenvalue weighted by Crippen LogP contribution is 2.26. The molecule has 0 atom stereocenters. The molecular weight excluding hydrogens is 378 g/mol. The quantitative estimate of drug-likeness (QED) is 0.492. The third kappa shape index (κ3) is 4.55. The summed E-state index contributed by atoms with van der Waals surface area (Å²) in [6.45, 7) is 3.89. The minimum atomic E-state index is -0.231. The normalized spacial score (nSPS) is 10.6. The van der Waals surface area contributed by atoms with Crippen molar-refractivity contribution in [2.45, 2.75) is 13.8 Å². The maximum absolute atomic E-state index is 12.1. The highest BCUT2D eigenvalue weighted by atomic mass is 16.5. The number of anilines is 1. The van der Waals surface area contributed by atoms with Gasteiger partial charge in [0, 0.05) is 16.8 Å². The van der Waals surface area contributed by atoms with Gasteiger partial charge in [0.1, 0.15) is 5.75 Å². The smallest absolute Gasteiger partial charge is 0.262 e. The summed E-state index contributed by atoms with van der Waals surface area (Å²) >= 11 is 0. The highest BCUT2D eigenvalue weighted by Gasteiger charge is 2.13. The number of rotatable bonds is 6. The average Bonchev–Trinajstić information content (AvgIpc) is 3.25. The lowest BCUT2D eigenvalue weighted by Gasteiger charge is -2.08. The van der Waals surface area contributed by atoms with Gasteiger partial charge in [0.2, 0.25) is 5.82 Å². The molecule has 4 rings (SSSR count). The molecule has 6 nitrogen and oxygen atoms in total. The number of amides is 1. The number of aryl methyl sites for hydroxylation is 2. The summed E-state index contributed by atoms with van der Waals surface area (Å²) in [4.78, 5) is 16.6. The van der Waals surface area contributed by atoms with Crippen molar-refractivity contribution in [3.63, 3.8) is 0 Å². The summed E-state index contributed by atoms with van der Waals surface area (Å²) in [5.41, 5.74) is 4.57. The van der Waals surface area contributed by atoms with Gasteiger partial charge >= 0.3 is 0 Å². The molecule has 1 heterocycles. The average molecular weight is 399 g/mol. The molecule has 0 aliphatic heterocycles. The van der Waals surface area contributed by atoms with Crippen LogP contribution in [0.25, 0.3) is 22.8 Å². The Morgan fingerprint density at radius 3 is 2.60 bits per heavy atom. The molecular formula is C24H21N3O3. The number of benzene rings is 3. The monoisotopic (exact) mass is 399 g/mol. The number of nitrogens with zero attached hydrogens (tertiary/aromatic N) is 2. The topological polar surface area (TPSA) is 77.2 Å². The van der Waals surface area contributed by atoms with Gasteiger partial charge in [-0.15, -0.1) is 0 Å². The number of hydrogen-bond acceptors (Lipinski definition) is 5. The lowest BCUT2D eigenvalue weighted by Crippen LogP contribution is -2.20. The zero-order valence-electron chi connectivity index (χ0n) is 16.8. The first-order chi connectivity index (χ1) is 14.6. The predicted molar refractivity (Wildman–Crippen MR) is 115 cm³/mol. The minimum Gasteiger partial charge on any atom is -0.484 e. The van der Waals surface area contributed by atoms with Crippen molar-refractivity contribution in [1.82, 2.24) is 10.1 Å². The fourth-order valence-corrected chi connectivity index (χ4v) is 2.97. The lowest BCUT2D eigenvalue weighted by atomic mass is 10.1. The Labute approximate surface area is 174 Å².